The Morgan fingerprint density at radius 1 is 1.30 bits per heavy atom. The molecule has 0 saturated heterocycles. The maximum Gasteiger partial charge on any atom is 0.335 e. The minimum absolute atomic E-state index is 0.143. The number of carbonyl (C=O) groups is 1. The maximum atomic E-state index is 10.9. The molecule has 0 atom stereocenters. The summed E-state index contributed by atoms with van der Waals surface area (Å²) < 4.78 is 0.922. The van der Waals surface area contributed by atoms with Crippen molar-refractivity contribution >= 4 is 50.6 Å². The molecular weight excluding hydrogens is 298 g/mol. The van der Waals surface area contributed by atoms with Gasteiger partial charge in [0.1, 0.15) is 6.33 Å². The number of fused-ring (bicyclic) bond motifs is 1. The van der Waals surface area contributed by atoms with E-state index in [0.717, 1.165) is 10.2 Å². The lowest BCUT2D eigenvalue weighted by molar-refractivity contribution is 0.0697. The second-order valence-electron chi connectivity index (χ2n) is 3.98. The molecule has 0 bridgehead atoms. The van der Waals surface area contributed by atoms with Crippen LogP contribution >= 0.6 is 22.9 Å². The Morgan fingerprint density at radius 3 is 2.90 bits per heavy atom. The van der Waals surface area contributed by atoms with E-state index in [0.29, 0.717) is 16.5 Å². The van der Waals surface area contributed by atoms with E-state index in [1.54, 1.807) is 6.07 Å². The van der Waals surface area contributed by atoms with Crippen molar-refractivity contribution in [3.05, 3.63) is 46.6 Å². The summed E-state index contributed by atoms with van der Waals surface area (Å²) in [6.07, 6.45) is 1.47. The molecule has 0 aliphatic rings. The van der Waals surface area contributed by atoms with E-state index < -0.39 is 5.97 Å². The Bertz CT molecular complexity index is 803. The zero-order valence-corrected chi connectivity index (χ0v) is 11.6. The van der Waals surface area contributed by atoms with E-state index in [9.17, 15) is 4.79 Å². The van der Waals surface area contributed by atoms with Crippen LogP contribution in [0.4, 0.5) is 11.5 Å². The monoisotopic (exact) mass is 305 g/mol. The molecule has 0 radical (unpaired) electrons. The number of rotatable bonds is 3. The molecule has 2 N–H and O–H groups in total. The number of nitrogens with zero attached hydrogens (tertiary/aromatic N) is 2. The van der Waals surface area contributed by atoms with Gasteiger partial charge in [-0.15, -0.1) is 11.3 Å². The maximum absolute atomic E-state index is 10.9. The molecule has 0 aliphatic heterocycles. The van der Waals surface area contributed by atoms with Crippen molar-refractivity contribution in [2.75, 3.05) is 5.32 Å². The van der Waals surface area contributed by atoms with Crippen molar-refractivity contribution < 1.29 is 9.90 Å². The highest BCUT2D eigenvalue weighted by Crippen LogP contribution is 2.30. The number of carboxylic acids is 1. The van der Waals surface area contributed by atoms with Crippen LogP contribution < -0.4 is 5.32 Å². The number of aromatic carboxylic acids is 1. The number of halogens is 1. The summed E-state index contributed by atoms with van der Waals surface area (Å²) in [5.41, 5.74) is 1.60. The number of benzene rings is 1. The average molecular weight is 306 g/mol. The number of thiophene rings is 1. The summed E-state index contributed by atoms with van der Waals surface area (Å²) in [7, 11) is 0. The predicted octanol–water partition coefficient (Wildman–Crippen LogP) is 3.79. The Hall–Kier alpha value is -2.18. The molecule has 0 saturated carbocycles. The number of carboxylic acid groups (broad SMARTS) is 1. The van der Waals surface area contributed by atoms with Gasteiger partial charge in [-0.2, -0.15) is 0 Å². The van der Waals surface area contributed by atoms with Crippen LogP contribution in [0.25, 0.3) is 10.2 Å². The topological polar surface area (TPSA) is 75.1 Å². The minimum Gasteiger partial charge on any atom is -0.478 e. The van der Waals surface area contributed by atoms with Crippen LogP contribution in [0.1, 0.15) is 10.4 Å². The average Bonchev–Trinajstić information content (AvgIpc) is 2.90. The molecule has 1 aromatic carbocycles. The summed E-state index contributed by atoms with van der Waals surface area (Å²) in [5.74, 6) is -0.365. The van der Waals surface area contributed by atoms with E-state index in [4.69, 9.17) is 16.7 Å². The lowest BCUT2D eigenvalue weighted by Crippen LogP contribution is -1.99. The minimum atomic E-state index is -1.01. The fourth-order valence-electron chi connectivity index (χ4n) is 1.75. The van der Waals surface area contributed by atoms with Gasteiger partial charge in [0.2, 0.25) is 0 Å². The molecule has 0 aliphatic carbocycles. The van der Waals surface area contributed by atoms with Crippen LogP contribution in [0.3, 0.4) is 0 Å². The summed E-state index contributed by atoms with van der Waals surface area (Å²) >= 11 is 7.61. The smallest absolute Gasteiger partial charge is 0.335 e. The van der Waals surface area contributed by atoms with Crippen LogP contribution in [-0.4, -0.2) is 21.0 Å². The standard InChI is InChI=1S/C13H8ClN3O2S/c14-8-5-7(13(18)19)1-2-9(8)17-12-11-10(3-4-20-11)15-6-16-12/h1-6H,(H,18,19)(H,15,16,17). The Balaban J connectivity index is 1.99. The highest BCUT2D eigenvalue weighted by atomic mass is 35.5. The normalized spacial score (nSPS) is 10.7. The van der Waals surface area contributed by atoms with Crippen LogP contribution in [0.15, 0.2) is 36.0 Å². The number of hydrogen-bond acceptors (Lipinski definition) is 5. The summed E-state index contributed by atoms with van der Waals surface area (Å²) in [6.45, 7) is 0. The second-order valence-corrected chi connectivity index (χ2v) is 5.31. The van der Waals surface area contributed by atoms with Gasteiger partial charge in [-0.25, -0.2) is 14.8 Å². The molecule has 0 amide bonds. The third-order valence-electron chi connectivity index (χ3n) is 2.71. The van der Waals surface area contributed by atoms with Gasteiger partial charge < -0.3 is 10.4 Å². The molecule has 20 heavy (non-hydrogen) atoms. The first-order chi connectivity index (χ1) is 9.65. The first-order valence-corrected chi connectivity index (χ1v) is 6.89. The second kappa shape index (κ2) is 5.07. The first kappa shape index (κ1) is 12.8. The van der Waals surface area contributed by atoms with E-state index in [1.165, 1.54) is 29.8 Å². The van der Waals surface area contributed by atoms with Gasteiger partial charge in [0.25, 0.3) is 0 Å². The molecule has 2 aromatic heterocycles. The molecule has 2 heterocycles. The Kier molecular flexibility index (Phi) is 3.25. The van der Waals surface area contributed by atoms with Gasteiger partial charge in [0, 0.05) is 0 Å². The molecule has 100 valence electrons. The largest absolute Gasteiger partial charge is 0.478 e. The zero-order chi connectivity index (χ0) is 14.1. The number of aromatic nitrogens is 2. The fraction of sp³-hybridized carbons (Fsp3) is 0. The quantitative estimate of drug-likeness (QED) is 0.770. The van der Waals surface area contributed by atoms with Crippen molar-refractivity contribution in [3.8, 4) is 0 Å². The van der Waals surface area contributed by atoms with Crippen molar-refractivity contribution in [2.45, 2.75) is 0 Å². The van der Waals surface area contributed by atoms with E-state index in [1.807, 2.05) is 11.4 Å². The van der Waals surface area contributed by atoms with Crippen molar-refractivity contribution in [1.82, 2.24) is 9.97 Å². The Labute approximate surface area is 122 Å². The summed E-state index contributed by atoms with van der Waals surface area (Å²) in [4.78, 5) is 19.2. The van der Waals surface area contributed by atoms with Gasteiger partial charge in [-0.3, -0.25) is 0 Å². The molecule has 0 fully saturated rings. The van der Waals surface area contributed by atoms with Gasteiger partial charge in [0.15, 0.2) is 5.82 Å². The Morgan fingerprint density at radius 2 is 2.15 bits per heavy atom. The van der Waals surface area contributed by atoms with E-state index in [2.05, 4.69) is 15.3 Å². The third-order valence-corrected chi connectivity index (χ3v) is 3.94. The van der Waals surface area contributed by atoms with Crippen LogP contribution in [0.2, 0.25) is 5.02 Å². The molecule has 3 aromatic rings. The molecular formula is C13H8ClN3O2S. The molecule has 7 heteroatoms. The summed E-state index contributed by atoms with van der Waals surface area (Å²) in [5, 5.41) is 14.3. The van der Waals surface area contributed by atoms with Crippen LogP contribution in [0, 0.1) is 0 Å². The van der Waals surface area contributed by atoms with Crippen LogP contribution in [0.5, 0.6) is 0 Å². The third kappa shape index (κ3) is 2.31. The van der Waals surface area contributed by atoms with Gasteiger partial charge in [0.05, 0.1) is 26.5 Å². The zero-order valence-electron chi connectivity index (χ0n) is 10.0. The first-order valence-electron chi connectivity index (χ1n) is 5.63. The van der Waals surface area contributed by atoms with Gasteiger partial charge >= 0.3 is 5.97 Å². The molecule has 3 rings (SSSR count). The van der Waals surface area contributed by atoms with Gasteiger partial charge in [-0.1, -0.05) is 11.6 Å². The molecule has 5 nitrogen and oxygen atoms in total. The van der Waals surface area contributed by atoms with Crippen molar-refractivity contribution in [3.63, 3.8) is 0 Å². The number of hydrogen-bond donors (Lipinski definition) is 2. The summed E-state index contributed by atoms with van der Waals surface area (Å²) in [6, 6.07) is 6.41. The predicted molar refractivity (Wildman–Crippen MR) is 79.1 cm³/mol. The van der Waals surface area contributed by atoms with Gasteiger partial charge in [-0.05, 0) is 29.6 Å². The number of anilines is 2. The highest BCUT2D eigenvalue weighted by Gasteiger charge is 2.10. The lowest BCUT2D eigenvalue weighted by Gasteiger charge is -2.08. The lowest BCUT2D eigenvalue weighted by atomic mass is 10.2. The molecule has 0 spiro atoms. The highest BCUT2D eigenvalue weighted by molar-refractivity contribution is 7.17. The van der Waals surface area contributed by atoms with Crippen molar-refractivity contribution in [1.29, 1.82) is 0 Å². The fourth-order valence-corrected chi connectivity index (χ4v) is 2.77. The van der Waals surface area contributed by atoms with Crippen LogP contribution in [-0.2, 0) is 0 Å². The van der Waals surface area contributed by atoms with E-state index >= 15 is 0 Å². The van der Waals surface area contributed by atoms with E-state index in [-0.39, 0.29) is 5.56 Å². The SMILES string of the molecule is O=C(O)c1ccc(Nc2ncnc3ccsc23)c(Cl)c1. The number of nitrogens with one attached hydrogen (secondary N) is 1. The molecule has 0 unspecified atom stereocenters. The van der Waals surface area contributed by atoms with Crippen molar-refractivity contribution in [2.24, 2.45) is 0 Å².